The van der Waals surface area contributed by atoms with Crippen molar-refractivity contribution in [1.82, 2.24) is 9.78 Å². The molecule has 2 N–H and O–H groups in total. The van der Waals surface area contributed by atoms with Crippen LogP contribution in [0.3, 0.4) is 0 Å². The molecule has 1 aromatic rings. The highest BCUT2D eigenvalue weighted by molar-refractivity contribution is 5.69. The Balaban J connectivity index is 2.59. The molecule has 0 aliphatic carbocycles. The van der Waals surface area contributed by atoms with Crippen LogP contribution < -0.4 is 5.32 Å². The largest absolute Gasteiger partial charge is 0.481 e. The summed E-state index contributed by atoms with van der Waals surface area (Å²) in [6.45, 7) is 3.69. The van der Waals surface area contributed by atoms with Gasteiger partial charge in [0.25, 0.3) is 0 Å². The summed E-state index contributed by atoms with van der Waals surface area (Å²) in [4.78, 5) is 21.1. The molecule has 0 fully saturated rings. The number of aliphatic carboxylic acids is 1. The molecule has 0 saturated carbocycles. The van der Waals surface area contributed by atoms with Crippen LogP contribution in [0.2, 0.25) is 0 Å². The van der Waals surface area contributed by atoms with Gasteiger partial charge in [-0.3, -0.25) is 14.9 Å². The summed E-state index contributed by atoms with van der Waals surface area (Å²) < 4.78 is 1.42. The zero-order valence-electron chi connectivity index (χ0n) is 11.2. The smallest absolute Gasteiger partial charge is 0.333 e. The summed E-state index contributed by atoms with van der Waals surface area (Å²) in [7, 11) is 1.63. The van der Waals surface area contributed by atoms with Gasteiger partial charge in [-0.05, 0) is 19.8 Å². The lowest BCUT2D eigenvalue weighted by atomic mass is 10.1. The van der Waals surface area contributed by atoms with Crippen molar-refractivity contribution in [2.24, 2.45) is 13.0 Å². The lowest BCUT2D eigenvalue weighted by molar-refractivity contribution is -0.384. The van der Waals surface area contributed by atoms with Crippen molar-refractivity contribution >= 4 is 17.5 Å². The maximum absolute atomic E-state index is 10.9. The van der Waals surface area contributed by atoms with E-state index in [1.54, 1.807) is 20.9 Å². The van der Waals surface area contributed by atoms with Crippen molar-refractivity contribution in [1.29, 1.82) is 0 Å². The fourth-order valence-corrected chi connectivity index (χ4v) is 1.80. The molecule has 19 heavy (non-hydrogen) atoms. The number of nitrogens with zero attached hydrogens (tertiary/aromatic N) is 3. The van der Waals surface area contributed by atoms with Crippen LogP contribution in [0.15, 0.2) is 0 Å². The molecule has 1 unspecified atom stereocenters. The summed E-state index contributed by atoms with van der Waals surface area (Å²) in [6, 6.07) is 0. The molecule has 1 rings (SSSR count). The number of aryl methyl sites for hydroxylation is 2. The first-order chi connectivity index (χ1) is 8.84. The van der Waals surface area contributed by atoms with Gasteiger partial charge in [0.1, 0.15) is 5.69 Å². The van der Waals surface area contributed by atoms with Gasteiger partial charge in [0.05, 0.1) is 10.8 Å². The first-order valence-corrected chi connectivity index (χ1v) is 5.99. The van der Waals surface area contributed by atoms with Crippen LogP contribution >= 0.6 is 0 Å². The van der Waals surface area contributed by atoms with Gasteiger partial charge in [-0.25, -0.2) is 4.68 Å². The average molecular weight is 270 g/mol. The number of anilines is 1. The number of nitro groups is 1. The van der Waals surface area contributed by atoms with Crippen LogP contribution in [-0.2, 0) is 11.8 Å². The van der Waals surface area contributed by atoms with E-state index in [0.29, 0.717) is 30.9 Å². The standard InChI is InChI=1S/C11H18N4O4/c1-7(11(16)17)5-4-6-12-10-9(15(18)19)8(2)13-14(10)3/h7,12H,4-6H2,1-3H3,(H,16,17). The molecule has 0 amide bonds. The fraction of sp³-hybridized carbons (Fsp3) is 0.636. The molecule has 8 nitrogen and oxygen atoms in total. The second-order valence-corrected chi connectivity index (χ2v) is 4.47. The molecule has 0 saturated heterocycles. The zero-order chi connectivity index (χ0) is 14.6. The topological polar surface area (TPSA) is 110 Å². The van der Waals surface area contributed by atoms with Crippen LogP contribution in [0.1, 0.15) is 25.5 Å². The Hall–Kier alpha value is -2.12. The maximum Gasteiger partial charge on any atom is 0.333 e. The third-order valence-corrected chi connectivity index (χ3v) is 2.90. The van der Waals surface area contributed by atoms with E-state index in [1.807, 2.05) is 0 Å². The number of aromatic nitrogens is 2. The number of rotatable bonds is 7. The van der Waals surface area contributed by atoms with Crippen LogP contribution in [0.5, 0.6) is 0 Å². The molecule has 0 spiro atoms. The lowest BCUT2D eigenvalue weighted by Crippen LogP contribution is -2.13. The summed E-state index contributed by atoms with van der Waals surface area (Å²) in [5.74, 6) is -0.891. The van der Waals surface area contributed by atoms with Crippen molar-refractivity contribution in [3.05, 3.63) is 15.8 Å². The Morgan fingerprint density at radius 1 is 1.63 bits per heavy atom. The second kappa shape index (κ2) is 6.17. The van der Waals surface area contributed by atoms with Gasteiger partial charge in [0.2, 0.25) is 5.82 Å². The van der Waals surface area contributed by atoms with E-state index < -0.39 is 16.8 Å². The molecule has 1 atom stereocenters. The summed E-state index contributed by atoms with van der Waals surface area (Å²) in [6.07, 6.45) is 1.14. The van der Waals surface area contributed by atoms with Crippen LogP contribution in [0.25, 0.3) is 0 Å². The number of carboxylic acids is 1. The van der Waals surface area contributed by atoms with Crippen molar-refractivity contribution in [3.63, 3.8) is 0 Å². The molecule has 1 aromatic heterocycles. The Labute approximate surface area is 110 Å². The van der Waals surface area contributed by atoms with Gasteiger partial charge in [-0.1, -0.05) is 6.92 Å². The third-order valence-electron chi connectivity index (χ3n) is 2.90. The van der Waals surface area contributed by atoms with E-state index in [-0.39, 0.29) is 5.69 Å². The normalized spacial score (nSPS) is 12.2. The minimum Gasteiger partial charge on any atom is -0.481 e. The van der Waals surface area contributed by atoms with Gasteiger partial charge in [-0.15, -0.1) is 0 Å². The molecule has 0 aromatic carbocycles. The second-order valence-electron chi connectivity index (χ2n) is 4.47. The van der Waals surface area contributed by atoms with Gasteiger partial charge < -0.3 is 10.4 Å². The number of hydrogen-bond acceptors (Lipinski definition) is 5. The first-order valence-electron chi connectivity index (χ1n) is 5.99. The fourth-order valence-electron chi connectivity index (χ4n) is 1.80. The van der Waals surface area contributed by atoms with Gasteiger partial charge in [0.15, 0.2) is 0 Å². The predicted molar refractivity (Wildman–Crippen MR) is 69.1 cm³/mol. The molecule has 0 aliphatic heterocycles. The minimum atomic E-state index is -0.831. The van der Waals surface area contributed by atoms with Crippen LogP contribution in [0.4, 0.5) is 11.5 Å². The SMILES string of the molecule is Cc1nn(C)c(NCCCC(C)C(=O)O)c1[N+](=O)[O-]. The van der Waals surface area contributed by atoms with Crippen molar-refractivity contribution in [3.8, 4) is 0 Å². The third kappa shape index (κ3) is 3.67. The zero-order valence-corrected chi connectivity index (χ0v) is 11.2. The molecule has 1 heterocycles. The van der Waals surface area contributed by atoms with Gasteiger partial charge in [0, 0.05) is 13.6 Å². The van der Waals surface area contributed by atoms with Crippen molar-refractivity contribution in [2.45, 2.75) is 26.7 Å². The lowest BCUT2D eigenvalue weighted by Gasteiger charge is -2.08. The highest BCUT2D eigenvalue weighted by Crippen LogP contribution is 2.27. The van der Waals surface area contributed by atoms with E-state index in [0.717, 1.165) is 0 Å². The molecule has 0 radical (unpaired) electrons. The predicted octanol–water partition coefficient (Wildman–Crippen LogP) is 1.55. The van der Waals surface area contributed by atoms with E-state index in [4.69, 9.17) is 5.11 Å². The van der Waals surface area contributed by atoms with Crippen LogP contribution in [0, 0.1) is 23.0 Å². The Morgan fingerprint density at radius 2 is 2.26 bits per heavy atom. The van der Waals surface area contributed by atoms with E-state index in [1.165, 1.54) is 4.68 Å². The molecular weight excluding hydrogens is 252 g/mol. The minimum absolute atomic E-state index is 0.0335. The van der Waals surface area contributed by atoms with Gasteiger partial charge >= 0.3 is 11.7 Å². The summed E-state index contributed by atoms with van der Waals surface area (Å²) in [5, 5.41) is 26.6. The molecular formula is C11H18N4O4. The number of hydrogen-bond donors (Lipinski definition) is 2. The molecule has 0 aliphatic rings. The highest BCUT2D eigenvalue weighted by Gasteiger charge is 2.23. The average Bonchev–Trinajstić information content (AvgIpc) is 2.58. The Bertz CT molecular complexity index is 483. The van der Waals surface area contributed by atoms with Gasteiger partial charge in [-0.2, -0.15) is 5.10 Å². The highest BCUT2D eigenvalue weighted by atomic mass is 16.6. The molecule has 106 valence electrons. The number of carbonyl (C=O) groups is 1. The van der Waals surface area contributed by atoms with E-state index >= 15 is 0 Å². The Kier molecular flexibility index (Phi) is 4.85. The quantitative estimate of drug-likeness (QED) is 0.442. The maximum atomic E-state index is 10.9. The first kappa shape index (κ1) is 14.9. The van der Waals surface area contributed by atoms with E-state index in [2.05, 4.69) is 10.4 Å². The molecule has 0 bridgehead atoms. The number of nitrogens with one attached hydrogen (secondary N) is 1. The summed E-state index contributed by atoms with van der Waals surface area (Å²) in [5.41, 5.74) is 0.322. The Morgan fingerprint density at radius 3 is 2.79 bits per heavy atom. The summed E-state index contributed by atoms with van der Waals surface area (Å²) >= 11 is 0. The van der Waals surface area contributed by atoms with Crippen LogP contribution in [-0.4, -0.2) is 32.3 Å². The van der Waals surface area contributed by atoms with Crippen molar-refractivity contribution < 1.29 is 14.8 Å². The van der Waals surface area contributed by atoms with E-state index in [9.17, 15) is 14.9 Å². The van der Waals surface area contributed by atoms with Crippen molar-refractivity contribution in [2.75, 3.05) is 11.9 Å². The number of carboxylic acid groups (broad SMARTS) is 1. The monoisotopic (exact) mass is 270 g/mol. The molecule has 8 heteroatoms.